The van der Waals surface area contributed by atoms with E-state index < -0.39 is 11.5 Å². The topological polar surface area (TPSA) is 65.0 Å². The van der Waals surface area contributed by atoms with Crippen molar-refractivity contribution in [1.82, 2.24) is 0 Å². The van der Waals surface area contributed by atoms with Gasteiger partial charge in [-0.2, -0.15) is 0 Å². The van der Waals surface area contributed by atoms with Crippen molar-refractivity contribution < 1.29 is 24.1 Å². The SMILES string of the molecule is C[C@@H](C(=O)OC(C)(C)C)[C@H](CO)COCOCc1ccccc1. The van der Waals surface area contributed by atoms with Crippen LogP contribution in [-0.4, -0.2) is 36.7 Å². The van der Waals surface area contributed by atoms with E-state index in [1.165, 1.54) is 0 Å². The van der Waals surface area contributed by atoms with Gasteiger partial charge < -0.3 is 19.3 Å². The van der Waals surface area contributed by atoms with Crippen molar-refractivity contribution in [3.63, 3.8) is 0 Å². The van der Waals surface area contributed by atoms with Crippen molar-refractivity contribution in [2.75, 3.05) is 20.0 Å². The van der Waals surface area contributed by atoms with E-state index in [-0.39, 0.29) is 31.9 Å². The maximum atomic E-state index is 12.0. The fourth-order valence-corrected chi connectivity index (χ4v) is 1.93. The first-order valence-corrected chi connectivity index (χ1v) is 7.86. The Balaban J connectivity index is 2.28. The number of rotatable bonds is 9. The Hall–Kier alpha value is -1.43. The molecule has 2 atom stereocenters. The molecule has 1 aromatic carbocycles. The normalized spacial score (nSPS) is 14.3. The smallest absolute Gasteiger partial charge is 0.309 e. The van der Waals surface area contributed by atoms with Crippen molar-refractivity contribution in [3.8, 4) is 0 Å². The minimum Gasteiger partial charge on any atom is -0.460 e. The third-order valence-electron chi connectivity index (χ3n) is 3.33. The summed E-state index contributed by atoms with van der Waals surface area (Å²) >= 11 is 0. The third-order valence-corrected chi connectivity index (χ3v) is 3.33. The average molecular weight is 324 g/mol. The molecular weight excluding hydrogens is 296 g/mol. The second kappa shape index (κ2) is 9.65. The van der Waals surface area contributed by atoms with E-state index in [4.69, 9.17) is 14.2 Å². The Bertz CT molecular complexity index is 452. The number of hydrogen-bond donors (Lipinski definition) is 1. The minimum absolute atomic E-state index is 0.117. The predicted octanol–water partition coefficient (Wildman–Crippen LogP) is 2.76. The van der Waals surface area contributed by atoms with Gasteiger partial charge in [0.2, 0.25) is 0 Å². The first-order valence-electron chi connectivity index (χ1n) is 7.86. The molecule has 0 saturated heterocycles. The number of aliphatic hydroxyl groups excluding tert-OH is 1. The summed E-state index contributed by atoms with van der Waals surface area (Å²) in [7, 11) is 0. The molecule has 0 saturated carbocycles. The first kappa shape index (κ1) is 19.6. The van der Waals surface area contributed by atoms with Crippen LogP contribution in [0.1, 0.15) is 33.3 Å². The lowest BCUT2D eigenvalue weighted by atomic mass is 9.95. The molecule has 5 nitrogen and oxygen atoms in total. The van der Waals surface area contributed by atoms with Crippen LogP contribution in [-0.2, 0) is 25.6 Å². The van der Waals surface area contributed by atoms with Crippen LogP contribution in [0.15, 0.2) is 30.3 Å². The molecule has 0 aliphatic heterocycles. The summed E-state index contributed by atoms with van der Waals surface area (Å²) in [5.41, 5.74) is 0.530. The minimum atomic E-state index is -0.537. The van der Waals surface area contributed by atoms with Gasteiger partial charge in [-0.15, -0.1) is 0 Å². The Labute approximate surface area is 138 Å². The van der Waals surface area contributed by atoms with Gasteiger partial charge >= 0.3 is 5.97 Å². The number of carbonyl (C=O) groups is 1. The van der Waals surface area contributed by atoms with E-state index in [0.717, 1.165) is 5.56 Å². The van der Waals surface area contributed by atoms with Crippen LogP contribution in [0.4, 0.5) is 0 Å². The molecule has 0 spiro atoms. The Kier molecular flexibility index (Phi) is 8.23. The molecule has 0 radical (unpaired) electrons. The molecular formula is C18H28O5. The molecule has 0 fully saturated rings. The monoisotopic (exact) mass is 324 g/mol. The number of hydrogen-bond acceptors (Lipinski definition) is 5. The summed E-state index contributed by atoms with van der Waals surface area (Å²) in [4.78, 5) is 12.0. The summed E-state index contributed by atoms with van der Waals surface area (Å²) in [6, 6.07) is 9.79. The molecule has 0 amide bonds. The van der Waals surface area contributed by atoms with Crippen LogP contribution in [0.3, 0.4) is 0 Å². The van der Waals surface area contributed by atoms with Gasteiger partial charge in [-0.1, -0.05) is 37.3 Å². The van der Waals surface area contributed by atoms with Crippen LogP contribution in [0.5, 0.6) is 0 Å². The second-order valence-corrected chi connectivity index (χ2v) is 6.59. The molecule has 1 aromatic rings. The molecule has 0 aliphatic rings. The third kappa shape index (κ3) is 8.11. The second-order valence-electron chi connectivity index (χ2n) is 6.59. The van der Waals surface area contributed by atoms with Gasteiger partial charge in [0.05, 0.1) is 19.1 Å². The quantitative estimate of drug-likeness (QED) is 0.430. The van der Waals surface area contributed by atoms with Crippen molar-refractivity contribution in [2.24, 2.45) is 11.8 Å². The molecule has 0 aliphatic carbocycles. The van der Waals surface area contributed by atoms with Gasteiger partial charge in [-0.05, 0) is 26.3 Å². The van der Waals surface area contributed by atoms with Crippen LogP contribution in [0.2, 0.25) is 0 Å². The average Bonchev–Trinajstić information content (AvgIpc) is 2.49. The fourth-order valence-electron chi connectivity index (χ4n) is 1.93. The lowest BCUT2D eigenvalue weighted by molar-refractivity contribution is -0.164. The molecule has 23 heavy (non-hydrogen) atoms. The molecule has 0 aromatic heterocycles. The summed E-state index contributed by atoms with van der Waals surface area (Å²) < 4.78 is 16.2. The van der Waals surface area contributed by atoms with Gasteiger partial charge in [-0.25, -0.2) is 0 Å². The molecule has 1 rings (SSSR count). The largest absolute Gasteiger partial charge is 0.460 e. The zero-order valence-corrected chi connectivity index (χ0v) is 14.5. The Morgan fingerprint density at radius 1 is 1.17 bits per heavy atom. The van der Waals surface area contributed by atoms with Crippen molar-refractivity contribution in [1.29, 1.82) is 0 Å². The highest BCUT2D eigenvalue weighted by Crippen LogP contribution is 2.18. The Morgan fingerprint density at radius 3 is 2.39 bits per heavy atom. The zero-order chi connectivity index (χ0) is 17.3. The summed E-state index contributed by atoms with van der Waals surface area (Å²) in [5, 5.41) is 9.45. The summed E-state index contributed by atoms with van der Waals surface area (Å²) in [6.07, 6.45) is 0. The first-order chi connectivity index (χ1) is 10.8. The van der Waals surface area contributed by atoms with E-state index in [1.54, 1.807) is 6.92 Å². The maximum Gasteiger partial charge on any atom is 0.309 e. The standard InChI is InChI=1S/C18H28O5/c1-14(17(20)23-18(2,3)4)16(10-19)12-22-13-21-11-15-8-6-5-7-9-15/h5-9,14,16,19H,10-13H2,1-4H3/t14-,16-/m1/s1. The zero-order valence-electron chi connectivity index (χ0n) is 14.5. The van der Waals surface area contributed by atoms with E-state index in [1.807, 2.05) is 51.1 Å². The van der Waals surface area contributed by atoms with Gasteiger partial charge in [0.25, 0.3) is 0 Å². The van der Waals surface area contributed by atoms with Crippen molar-refractivity contribution in [3.05, 3.63) is 35.9 Å². The summed E-state index contributed by atoms with van der Waals surface area (Å²) in [6.45, 7) is 7.88. The van der Waals surface area contributed by atoms with E-state index in [2.05, 4.69) is 0 Å². The number of ether oxygens (including phenoxy) is 3. The van der Waals surface area contributed by atoms with Gasteiger partial charge in [0, 0.05) is 12.5 Å². The van der Waals surface area contributed by atoms with Crippen molar-refractivity contribution in [2.45, 2.75) is 39.9 Å². The fraction of sp³-hybridized carbons (Fsp3) is 0.611. The van der Waals surface area contributed by atoms with Crippen LogP contribution >= 0.6 is 0 Å². The van der Waals surface area contributed by atoms with Crippen LogP contribution in [0.25, 0.3) is 0 Å². The van der Waals surface area contributed by atoms with Gasteiger partial charge in [-0.3, -0.25) is 4.79 Å². The highest BCUT2D eigenvalue weighted by molar-refractivity contribution is 5.72. The summed E-state index contributed by atoms with van der Waals surface area (Å²) in [5.74, 6) is -1.08. The molecule has 0 bridgehead atoms. The highest BCUT2D eigenvalue weighted by Gasteiger charge is 2.28. The number of esters is 1. The molecule has 1 N–H and O–H groups in total. The van der Waals surface area contributed by atoms with Gasteiger partial charge in [0.1, 0.15) is 12.4 Å². The molecule has 130 valence electrons. The molecule has 5 heteroatoms. The van der Waals surface area contributed by atoms with Crippen molar-refractivity contribution >= 4 is 5.97 Å². The molecule has 0 unspecified atom stereocenters. The predicted molar refractivity (Wildman–Crippen MR) is 87.6 cm³/mol. The number of benzene rings is 1. The number of carbonyl (C=O) groups excluding carboxylic acids is 1. The van der Waals surface area contributed by atoms with Gasteiger partial charge in [0.15, 0.2) is 0 Å². The highest BCUT2D eigenvalue weighted by atomic mass is 16.7. The lowest BCUT2D eigenvalue weighted by Gasteiger charge is -2.26. The maximum absolute atomic E-state index is 12.0. The molecule has 0 heterocycles. The van der Waals surface area contributed by atoms with E-state index >= 15 is 0 Å². The number of aliphatic hydroxyl groups is 1. The van der Waals surface area contributed by atoms with E-state index in [0.29, 0.717) is 6.61 Å². The van der Waals surface area contributed by atoms with Crippen LogP contribution < -0.4 is 0 Å². The van der Waals surface area contributed by atoms with Crippen LogP contribution in [0, 0.1) is 11.8 Å². The lowest BCUT2D eigenvalue weighted by Crippen LogP contribution is -2.34. The Morgan fingerprint density at radius 2 is 1.83 bits per heavy atom. The van der Waals surface area contributed by atoms with E-state index in [9.17, 15) is 9.90 Å².